The van der Waals surface area contributed by atoms with Crippen molar-refractivity contribution in [2.45, 2.75) is 40.0 Å². The van der Waals surface area contributed by atoms with E-state index in [1.807, 2.05) is 0 Å². The van der Waals surface area contributed by atoms with E-state index in [9.17, 15) is 0 Å². The Morgan fingerprint density at radius 1 is 1.32 bits per heavy atom. The minimum Gasteiger partial charge on any atom is -0.493 e. The van der Waals surface area contributed by atoms with Crippen LogP contribution in [0.1, 0.15) is 44.2 Å². The zero-order chi connectivity index (χ0) is 14.3. The second-order valence-electron chi connectivity index (χ2n) is 5.35. The molecule has 0 radical (unpaired) electrons. The molecule has 3 heteroatoms. The maximum absolute atomic E-state index is 8.54. The van der Waals surface area contributed by atoms with Gasteiger partial charge in [0.25, 0.3) is 0 Å². The lowest BCUT2D eigenvalue weighted by atomic mass is 9.94. The van der Waals surface area contributed by atoms with Crippen LogP contribution < -0.4 is 4.74 Å². The molecule has 1 unspecified atom stereocenters. The van der Waals surface area contributed by atoms with Gasteiger partial charge in [-0.3, -0.25) is 0 Å². The van der Waals surface area contributed by atoms with Crippen LogP contribution in [0.3, 0.4) is 0 Å². The van der Waals surface area contributed by atoms with E-state index >= 15 is 0 Å². The molecule has 1 rings (SSSR count). The van der Waals surface area contributed by atoms with Crippen LogP contribution in [0.4, 0.5) is 0 Å². The van der Waals surface area contributed by atoms with Gasteiger partial charge in [0.2, 0.25) is 0 Å². The van der Waals surface area contributed by atoms with E-state index in [-0.39, 0.29) is 0 Å². The van der Waals surface area contributed by atoms with Gasteiger partial charge in [-0.2, -0.15) is 5.26 Å². The third-order valence-corrected chi connectivity index (χ3v) is 3.64. The van der Waals surface area contributed by atoms with Gasteiger partial charge in [0.15, 0.2) is 0 Å². The van der Waals surface area contributed by atoms with Gasteiger partial charge in [-0.25, -0.2) is 0 Å². The number of rotatable bonds is 7. The van der Waals surface area contributed by atoms with Gasteiger partial charge in [-0.1, -0.05) is 26.8 Å². The average Bonchev–Trinajstić information content (AvgIpc) is 2.36. The van der Waals surface area contributed by atoms with Gasteiger partial charge in [0.1, 0.15) is 11.2 Å². The van der Waals surface area contributed by atoms with Crippen LogP contribution in [0.25, 0.3) is 0 Å². The molecule has 0 amide bonds. The van der Waals surface area contributed by atoms with Crippen LogP contribution in [-0.2, 0) is 0 Å². The minimum atomic E-state index is 0.486. The van der Waals surface area contributed by atoms with Gasteiger partial charge in [-0.05, 0) is 60.2 Å². The highest BCUT2D eigenvalue weighted by Crippen LogP contribution is 2.27. The highest BCUT2D eigenvalue weighted by Gasteiger charge is 2.09. The third-order valence-electron chi connectivity index (χ3n) is 3.07. The van der Waals surface area contributed by atoms with Crippen LogP contribution in [-0.4, -0.2) is 12.4 Å². The highest BCUT2D eigenvalue weighted by atomic mass is 32.2. The zero-order valence-electron chi connectivity index (χ0n) is 12.3. The molecule has 0 N–H and O–H groups in total. The van der Waals surface area contributed by atoms with Crippen molar-refractivity contribution >= 4 is 11.8 Å². The maximum atomic E-state index is 8.54. The lowest BCUT2D eigenvalue weighted by Crippen LogP contribution is -2.05. The predicted octanol–water partition coefficient (Wildman–Crippen LogP) is 4.74. The predicted molar refractivity (Wildman–Crippen MR) is 82.6 cm³/mol. The van der Waals surface area contributed by atoms with E-state index in [0.29, 0.717) is 11.8 Å². The molecular formula is C16H23NOS. The summed E-state index contributed by atoms with van der Waals surface area (Å²) < 4.78 is 5.73. The van der Waals surface area contributed by atoms with Gasteiger partial charge < -0.3 is 4.74 Å². The monoisotopic (exact) mass is 277 g/mol. The first-order valence-electron chi connectivity index (χ1n) is 6.78. The van der Waals surface area contributed by atoms with Crippen molar-refractivity contribution in [2.24, 2.45) is 5.92 Å². The van der Waals surface area contributed by atoms with E-state index in [1.165, 1.54) is 22.9 Å². The summed E-state index contributed by atoms with van der Waals surface area (Å²) in [5.41, 5.74) is 2.63. The van der Waals surface area contributed by atoms with Crippen molar-refractivity contribution in [2.75, 3.05) is 12.4 Å². The van der Waals surface area contributed by atoms with Crippen molar-refractivity contribution in [1.29, 1.82) is 5.26 Å². The van der Waals surface area contributed by atoms with E-state index < -0.39 is 0 Å². The Morgan fingerprint density at radius 2 is 2.05 bits per heavy atom. The zero-order valence-corrected chi connectivity index (χ0v) is 13.1. The average molecular weight is 277 g/mol. The SMILES string of the molecule is Cc1cc(OCC(C)C)ccc1C(C)CCSC#N. The number of thiocyanates is 1. The topological polar surface area (TPSA) is 33.0 Å². The number of aryl methyl sites for hydroxylation is 1. The molecule has 1 aromatic carbocycles. The molecule has 2 nitrogen and oxygen atoms in total. The maximum Gasteiger partial charge on any atom is 0.133 e. The number of nitrogens with zero attached hydrogens (tertiary/aromatic N) is 1. The van der Waals surface area contributed by atoms with Gasteiger partial charge in [0.05, 0.1) is 6.61 Å². The molecule has 19 heavy (non-hydrogen) atoms. The lowest BCUT2D eigenvalue weighted by Gasteiger charge is -2.16. The second-order valence-corrected chi connectivity index (χ2v) is 6.23. The smallest absolute Gasteiger partial charge is 0.133 e. The molecule has 0 aliphatic heterocycles. The number of ether oxygens (including phenoxy) is 1. The third kappa shape index (κ3) is 5.57. The highest BCUT2D eigenvalue weighted by molar-refractivity contribution is 8.03. The fourth-order valence-electron chi connectivity index (χ4n) is 1.99. The molecule has 1 atom stereocenters. The molecule has 0 aliphatic rings. The normalized spacial score (nSPS) is 12.2. The molecule has 0 aliphatic carbocycles. The first-order valence-corrected chi connectivity index (χ1v) is 7.77. The fourth-order valence-corrected chi connectivity index (χ4v) is 2.55. The summed E-state index contributed by atoms with van der Waals surface area (Å²) in [6.07, 6.45) is 1.03. The van der Waals surface area contributed by atoms with Crippen LogP contribution in [0, 0.1) is 23.5 Å². The number of hydrogen-bond donors (Lipinski definition) is 0. The van der Waals surface area contributed by atoms with Crippen molar-refractivity contribution < 1.29 is 4.74 Å². The summed E-state index contributed by atoms with van der Waals surface area (Å²) in [7, 11) is 0. The number of benzene rings is 1. The van der Waals surface area contributed by atoms with E-state index in [2.05, 4.69) is 51.3 Å². The van der Waals surface area contributed by atoms with Crippen molar-refractivity contribution in [3.05, 3.63) is 29.3 Å². The van der Waals surface area contributed by atoms with E-state index in [0.717, 1.165) is 24.5 Å². The summed E-state index contributed by atoms with van der Waals surface area (Å²) in [4.78, 5) is 0. The van der Waals surface area contributed by atoms with Crippen LogP contribution in [0.15, 0.2) is 18.2 Å². The second kappa shape index (κ2) is 8.12. The molecule has 104 valence electrons. The first kappa shape index (κ1) is 15.9. The minimum absolute atomic E-state index is 0.486. The van der Waals surface area contributed by atoms with Crippen molar-refractivity contribution in [3.63, 3.8) is 0 Å². The van der Waals surface area contributed by atoms with Crippen LogP contribution in [0.2, 0.25) is 0 Å². The summed E-state index contributed by atoms with van der Waals surface area (Å²) in [5.74, 6) is 2.87. The van der Waals surface area contributed by atoms with Crippen LogP contribution >= 0.6 is 11.8 Å². The Morgan fingerprint density at radius 3 is 2.63 bits per heavy atom. The van der Waals surface area contributed by atoms with Crippen molar-refractivity contribution in [1.82, 2.24) is 0 Å². The quantitative estimate of drug-likeness (QED) is 0.533. The molecule has 0 fully saturated rings. The Labute approximate surface area is 121 Å². The standard InChI is InChI=1S/C16H23NOS/c1-12(2)10-18-15-5-6-16(14(4)9-15)13(3)7-8-19-11-17/h5-6,9,12-13H,7-8,10H2,1-4H3. The number of hydrogen-bond acceptors (Lipinski definition) is 3. The summed E-state index contributed by atoms with van der Waals surface area (Å²) in [5, 5.41) is 10.7. The fraction of sp³-hybridized carbons (Fsp3) is 0.562. The van der Waals surface area contributed by atoms with Crippen molar-refractivity contribution in [3.8, 4) is 11.2 Å². The molecule has 0 bridgehead atoms. The molecule has 0 heterocycles. The van der Waals surface area contributed by atoms with E-state index in [1.54, 1.807) is 0 Å². The van der Waals surface area contributed by atoms with Gasteiger partial charge in [0, 0.05) is 5.75 Å². The lowest BCUT2D eigenvalue weighted by molar-refractivity contribution is 0.271. The summed E-state index contributed by atoms with van der Waals surface area (Å²) in [6, 6.07) is 6.33. The molecule has 0 spiro atoms. The number of nitriles is 1. The van der Waals surface area contributed by atoms with Gasteiger partial charge in [-0.15, -0.1) is 0 Å². The largest absolute Gasteiger partial charge is 0.493 e. The van der Waals surface area contributed by atoms with Gasteiger partial charge >= 0.3 is 0 Å². The Hall–Kier alpha value is -1.14. The molecule has 0 saturated heterocycles. The number of thioether (sulfide) groups is 1. The van der Waals surface area contributed by atoms with E-state index in [4.69, 9.17) is 10.00 Å². The Bertz CT molecular complexity index is 437. The Kier molecular flexibility index (Phi) is 6.80. The molecule has 0 saturated carbocycles. The molecule has 0 aromatic heterocycles. The molecule has 1 aromatic rings. The molecular weight excluding hydrogens is 254 g/mol. The summed E-state index contributed by atoms with van der Waals surface area (Å²) in [6.45, 7) is 9.40. The summed E-state index contributed by atoms with van der Waals surface area (Å²) >= 11 is 1.33. The Balaban J connectivity index is 2.63. The first-order chi connectivity index (χ1) is 9.04. The van der Waals surface area contributed by atoms with Crippen LogP contribution in [0.5, 0.6) is 5.75 Å².